The molecule has 1 N–H and O–H groups in total. The zero-order valence-corrected chi connectivity index (χ0v) is 15.3. The van der Waals surface area contributed by atoms with Gasteiger partial charge in [-0.2, -0.15) is 9.61 Å². The summed E-state index contributed by atoms with van der Waals surface area (Å²) >= 11 is 1.75. The second kappa shape index (κ2) is 6.18. The third-order valence-electron chi connectivity index (χ3n) is 4.58. The number of thiophene rings is 1. The fourth-order valence-corrected chi connectivity index (χ4v) is 4.24. The molecule has 0 saturated heterocycles. The van der Waals surface area contributed by atoms with Crippen LogP contribution in [0.1, 0.15) is 23.4 Å². The minimum absolute atomic E-state index is 0.909. The number of nitrogens with one attached hydrogen (secondary N) is 1. The average molecular weight is 341 g/mol. The molecule has 3 aromatic rings. The summed E-state index contributed by atoms with van der Waals surface area (Å²) in [4.78, 5) is 8.43. The van der Waals surface area contributed by atoms with Crippen LogP contribution in [0.4, 0.5) is 5.82 Å². The minimum Gasteiger partial charge on any atom is -0.368 e. The van der Waals surface area contributed by atoms with Crippen molar-refractivity contribution in [3.8, 4) is 10.4 Å². The Morgan fingerprint density at radius 1 is 1.33 bits per heavy atom. The number of anilines is 1. The summed E-state index contributed by atoms with van der Waals surface area (Å²) in [5, 5.41) is 10.6. The summed E-state index contributed by atoms with van der Waals surface area (Å²) in [5.41, 5.74) is 5.80. The van der Waals surface area contributed by atoms with Gasteiger partial charge in [0.2, 0.25) is 0 Å². The van der Waals surface area contributed by atoms with Gasteiger partial charge in [0.05, 0.1) is 11.3 Å². The maximum absolute atomic E-state index is 4.99. The van der Waals surface area contributed by atoms with Crippen LogP contribution >= 0.6 is 11.3 Å². The first-order valence-electron chi connectivity index (χ1n) is 8.48. The molecule has 0 aliphatic heterocycles. The molecule has 0 aromatic carbocycles. The molecule has 0 fully saturated rings. The summed E-state index contributed by atoms with van der Waals surface area (Å²) in [7, 11) is 4.20. The molecule has 0 radical (unpaired) electrons. The molecule has 126 valence electrons. The number of aryl methyl sites for hydroxylation is 2. The molecule has 0 spiro atoms. The molecule has 0 bridgehead atoms. The van der Waals surface area contributed by atoms with E-state index in [-0.39, 0.29) is 0 Å². The Labute approximate surface area is 146 Å². The van der Waals surface area contributed by atoms with E-state index in [9.17, 15) is 0 Å². The van der Waals surface area contributed by atoms with Gasteiger partial charge in [-0.05, 0) is 51.7 Å². The zero-order chi connectivity index (χ0) is 16.7. The zero-order valence-electron chi connectivity index (χ0n) is 14.5. The monoisotopic (exact) mass is 341 g/mol. The highest BCUT2D eigenvalue weighted by molar-refractivity contribution is 7.13. The Bertz CT molecular complexity index is 864. The predicted octanol–water partition coefficient (Wildman–Crippen LogP) is 3.23. The van der Waals surface area contributed by atoms with E-state index in [1.54, 1.807) is 11.3 Å². The number of aromatic nitrogens is 3. The molecule has 0 saturated carbocycles. The van der Waals surface area contributed by atoms with Crippen molar-refractivity contribution in [1.82, 2.24) is 19.5 Å². The molecule has 4 rings (SSSR count). The summed E-state index contributed by atoms with van der Waals surface area (Å²) in [6, 6.07) is 4.25. The Kier molecular flexibility index (Phi) is 4.02. The van der Waals surface area contributed by atoms with Crippen LogP contribution in [0, 0.1) is 6.92 Å². The largest absolute Gasteiger partial charge is 0.368 e. The van der Waals surface area contributed by atoms with Crippen molar-refractivity contribution in [1.29, 1.82) is 0 Å². The highest BCUT2D eigenvalue weighted by Gasteiger charge is 2.24. The summed E-state index contributed by atoms with van der Waals surface area (Å²) in [6.45, 7) is 3.99. The van der Waals surface area contributed by atoms with Gasteiger partial charge in [-0.15, -0.1) is 11.3 Å². The Morgan fingerprint density at radius 2 is 2.21 bits per heavy atom. The van der Waals surface area contributed by atoms with Gasteiger partial charge in [-0.1, -0.05) is 6.07 Å². The maximum Gasteiger partial charge on any atom is 0.166 e. The SMILES string of the molecule is Cc1nn2c(NCCN(C)C)c3c(nc2c1-c1cccs1)CCC3. The van der Waals surface area contributed by atoms with Crippen molar-refractivity contribution in [3.63, 3.8) is 0 Å². The molecule has 3 heterocycles. The Morgan fingerprint density at radius 3 is 2.96 bits per heavy atom. The number of fused-ring (bicyclic) bond motifs is 2. The van der Waals surface area contributed by atoms with Crippen molar-refractivity contribution in [2.75, 3.05) is 32.5 Å². The van der Waals surface area contributed by atoms with Crippen molar-refractivity contribution < 1.29 is 0 Å². The molecule has 1 aliphatic rings. The lowest BCUT2D eigenvalue weighted by atomic mass is 10.2. The third kappa shape index (κ3) is 2.59. The molecular formula is C18H23N5S. The van der Waals surface area contributed by atoms with Gasteiger partial charge in [-0.3, -0.25) is 0 Å². The number of nitrogens with zero attached hydrogens (tertiary/aromatic N) is 4. The molecule has 3 aromatic heterocycles. The van der Waals surface area contributed by atoms with E-state index in [1.165, 1.54) is 28.1 Å². The molecule has 5 nitrogen and oxygen atoms in total. The van der Waals surface area contributed by atoms with Gasteiger partial charge in [0.1, 0.15) is 5.82 Å². The van der Waals surface area contributed by atoms with E-state index in [4.69, 9.17) is 10.1 Å². The molecule has 0 unspecified atom stereocenters. The van der Waals surface area contributed by atoms with E-state index in [1.807, 2.05) is 4.52 Å². The lowest BCUT2D eigenvalue weighted by molar-refractivity contribution is 0.425. The van der Waals surface area contributed by atoms with Gasteiger partial charge in [-0.25, -0.2) is 4.98 Å². The molecule has 0 atom stereocenters. The molecule has 24 heavy (non-hydrogen) atoms. The summed E-state index contributed by atoms with van der Waals surface area (Å²) in [5.74, 6) is 1.14. The third-order valence-corrected chi connectivity index (χ3v) is 5.47. The lowest BCUT2D eigenvalue weighted by Gasteiger charge is -2.15. The van der Waals surface area contributed by atoms with Crippen molar-refractivity contribution in [2.45, 2.75) is 26.2 Å². The molecule has 6 heteroatoms. The second-order valence-corrected chi connectivity index (χ2v) is 7.59. The van der Waals surface area contributed by atoms with E-state index in [0.717, 1.165) is 43.1 Å². The van der Waals surface area contributed by atoms with Gasteiger partial charge in [0.15, 0.2) is 5.65 Å². The quantitative estimate of drug-likeness (QED) is 0.774. The molecule has 0 amide bonds. The molecule has 1 aliphatic carbocycles. The topological polar surface area (TPSA) is 45.5 Å². The van der Waals surface area contributed by atoms with Crippen molar-refractivity contribution >= 4 is 22.8 Å². The Balaban J connectivity index is 1.86. The van der Waals surface area contributed by atoms with Crippen LogP contribution < -0.4 is 5.32 Å². The number of hydrogen-bond acceptors (Lipinski definition) is 5. The Hall–Kier alpha value is -1.92. The van der Waals surface area contributed by atoms with Crippen LogP contribution in [0.3, 0.4) is 0 Å². The van der Waals surface area contributed by atoms with Crippen LogP contribution in [0.5, 0.6) is 0 Å². The second-order valence-electron chi connectivity index (χ2n) is 6.64. The van der Waals surface area contributed by atoms with Crippen molar-refractivity contribution in [2.24, 2.45) is 0 Å². The smallest absolute Gasteiger partial charge is 0.166 e. The summed E-state index contributed by atoms with van der Waals surface area (Å²) < 4.78 is 2.03. The van der Waals surface area contributed by atoms with Gasteiger partial charge in [0, 0.05) is 29.2 Å². The first-order valence-corrected chi connectivity index (χ1v) is 9.36. The van der Waals surface area contributed by atoms with Crippen LogP contribution in [-0.2, 0) is 12.8 Å². The highest BCUT2D eigenvalue weighted by atomic mass is 32.1. The maximum atomic E-state index is 4.99. The normalized spacial score (nSPS) is 13.8. The van der Waals surface area contributed by atoms with E-state index in [2.05, 4.69) is 48.7 Å². The fraction of sp³-hybridized carbons (Fsp3) is 0.444. The first kappa shape index (κ1) is 15.6. The highest BCUT2D eigenvalue weighted by Crippen LogP contribution is 2.35. The van der Waals surface area contributed by atoms with Gasteiger partial charge >= 0.3 is 0 Å². The van der Waals surface area contributed by atoms with Gasteiger partial charge < -0.3 is 10.2 Å². The minimum atomic E-state index is 0.909. The standard InChI is InChI=1S/C18H23N5S/c1-12-16(15-8-5-11-24-15)18-20-14-7-4-6-13(14)17(23(18)21-12)19-9-10-22(2)3/h5,8,11,19H,4,6-7,9-10H2,1-3H3. The van der Waals surface area contributed by atoms with E-state index in [0.29, 0.717) is 0 Å². The number of hydrogen-bond donors (Lipinski definition) is 1. The van der Waals surface area contributed by atoms with Crippen LogP contribution in [0.25, 0.3) is 16.1 Å². The van der Waals surface area contributed by atoms with E-state index >= 15 is 0 Å². The fourth-order valence-electron chi connectivity index (χ4n) is 3.42. The molecular weight excluding hydrogens is 318 g/mol. The van der Waals surface area contributed by atoms with Crippen LogP contribution in [0.15, 0.2) is 17.5 Å². The van der Waals surface area contributed by atoms with E-state index < -0.39 is 0 Å². The number of likely N-dealkylation sites (N-methyl/N-ethyl adjacent to an activating group) is 1. The van der Waals surface area contributed by atoms with Gasteiger partial charge in [0.25, 0.3) is 0 Å². The van der Waals surface area contributed by atoms with Crippen LogP contribution in [-0.4, -0.2) is 46.7 Å². The first-order chi connectivity index (χ1) is 11.6. The van der Waals surface area contributed by atoms with Crippen molar-refractivity contribution in [3.05, 3.63) is 34.5 Å². The lowest BCUT2D eigenvalue weighted by Crippen LogP contribution is -2.22. The average Bonchev–Trinajstić information content (AvgIpc) is 3.24. The predicted molar refractivity (Wildman–Crippen MR) is 100 cm³/mol. The number of rotatable bonds is 5. The summed E-state index contributed by atoms with van der Waals surface area (Å²) in [6.07, 6.45) is 3.35. The van der Waals surface area contributed by atoms with Crippen LogP contribution in [0.2, 0.25) is 0 Å².